The number of carbonyl (C=O) groups is 1. The highest BCUT2D eigenvalue weighted by Gasteiger charge is 2.20. The lowest BCUT2D eigenvalue weighted by Gasteiger charge is -2.08. The van der Waals surface area contributed by atoms with E-state index in [4.69, 9.17) is 0 Å². The van der Waals surface area contributed by atoms with Crippen LogP contribution in [0.15, 0.2) is 36.5 Å². The fourth-order valence-corrected chi connectivity index (χ4v) is 2.51. The fourth-order valence-electron chi connectivity index (χ4n) is 2.51. The van der Waals surface area contributed by atoms with Crippen LogP contribution in [0.25, 0.3) is 5.65 Å². The Labute approximate surface area is 131 Å². The van der Waals surface area contributed by atoms with E-state index in [-0.39, 0.29) is 5.69 Å². The van der Waals surface area contributed by atoms with E-state index in [1.54, 1.807) is 10.6 Å². The number of pyridine rings is 1. The third-order valence-corrected chi connectivity index (χ3v) is 3.65. The highest BCUT2D eigenvalue weighted by atomic mass is 19.1. The predicted octanol–water partition coefficient (Wildman–Crippen LogP) is 3.74. The van der Waals surface area contributed by atoms with Crippen molar-refractivity contribution in [3.63, 3.8) is 0 Å². The number of rotatable bonds is 3. The van der Waals surface area contributed by atoms with Crippen molar-refractivity contribution in [1.29, 1.82) is 0 Å². The quantitative estimate of drug-likeness (QED) is 0.800. The molecule has 0 aliphatic rings. The van der Waals surface area contributed by atoms with Crippen LogP contribution in [0.5, 0.6) is 0 Å². The van der Waals surface area contributed by atoms with Gasteiger partial charge in [-0.25, -0.2) is 13.8 Å². The number of imidazole rings is 1. The first-order valence-electron chi connectivity index (χ1n) is 7.24. The Balaban J connectivity index is 2.05. The van der Waals surface area contributed by atoms with Gasteiger partial charge in [0.25, 0.3) is 5.91 Å². The minimum absolute atomic E-state index is 0.0685. The summed E-state index contributed by atoms with van der Waals surface area (Å²) >= 11 is 0. The van der Waals surface area contributed by atoms with Gasteiger partial charge < -0.3 is 5.32 Å². The number of aryl methyl sites for hydroxylation is 2. The maximum absolute atomic E-state index is 13.7. The third kappa shape index (κ3) is 2.67. The molecule has 0 unspecified atom stereocenters. The SMILES string of the molecule is CCc1nc2c(C)cccn2c1C(=O)Nc1ccc(F)cc1F. The smallest absolute Gasteiger partial charge is 0.274 e. The van der Waals surface area contributed by atoms with Crippen LogP contribution in [0.4, 0.5) is 14.5 Å². The predicted molar refractivity (Wildman–Crippen MR) is 83.6 cm³/mol. The van der Waals surface area contributed by atoms with Crippen LogP contribution >= 0.6 is 0 Å². The molecule has 2 heterocycles. The van der Waals surface area contributed by atoms with Crippen molar-refractivity contribution in [2.45, 2.75) is 20.3 Å². The molecule has 0 atom stereocenters. The second-order valence-corrected chi connectivity index (χ2v) is 5.22. The van der Waals surface area contributed by atoms with Crippen LogP contribution in [-0.2, 0) is 6.42 Å². The molecule has 0 aliphatic carbocycles. The molecule has 1 N–H and O–H groups in total. The minimum Gasteiger partial charge on any atom is -0.318 e. The minimum atomic E-state index is -0.818. The number of fused-ring (bicyclic) bond motifs is 1. The molecule has 2 aromatic heterocycles. The molecule has 0 saturated heterocycles. The summed E-state index contributed by atoms with van der Waals surface area (Å²) in [6.07, 6.45) is 2.31. The van der Waals surface area contributed by atoms with Crippen LogP contribution < -0.4 is 5.32 Å². The average molecular weight is 315 g/mol. The summed E-state index contributed by atoms with van der Waals surface area (Å²) in [5.74, 6) is -1.99. The molecular formula is C17H15F2N3O. The number of nitrogens with zero attached hydrogens (tertiary/aromatic N) is 2. The van der Waals surface area contributed by atoms with E-state index in [1.807, 2.05) is 26.0 Å². The Kier molecular flexibility index (Phi) is 3.82. The Bertz CT molecular complexity index is 902. The zero-order chi connectivity index (χ0) is 16.6. The highest BCUT2D eigenvalue weighted by molar-refractivity contribution is 6.04. The van der Waals surface area contributed by atoms with Crippen molar-refractivity contribution in [2.24, 2.45) is 0 Å². The molecule has 0 radical (unpaired) electrons. The molecule has 3 rings (SSSR count). The molecule has 0 fully saturated rings. The summed E-state index contributed by atoms with van der Waals surface area (Å²) in [6.45, 7) is 3.80. The van der Waals surface area contributed by atoms with Gasteiger partial charge in [0.2, 0.25) is 0 Å². The Hall–Kier alpha value is -2.76. The van der Waals surface area contributed by atoms with E-state index in [1.165, 1.54) is 6.07 Å². The van der Waals surface area contributed by atoms with Crippen molar-refractivity contribution in [3.8, 4) is 0 Å². The molecule has 3 aromatic rings. The number of aromatic nitrogens is 2. The maximum Gasteiger partial charge on any atom is 0.274 e. The summed E-state index contributed by atoms with van der Waals surface area (Å²) in [4.78, 5) is 17.1. The van der Waals surface area contributed by atoms with Gasteiger partial charge in [0.1, 0.15) is 23.0 Å². The van der Waals surface area contributed by atoms with Crippen molar-refractivity contribution in [3.05, 3.63) is 65.1 Å². The zero-order valence-corrected chi connectivity index (χ0v) is 12.7. The van der Waals surface area contributed by atoms with Gasteiger partial charge in [0, 0.05) is 12.3 Å². The molecule has 0 spiro atoms. The van der Waals surface area contributed by atoms with Crippen LogP contribution in [0, 0.1) is 18.6 Å². The van der Waals surface area contributed by atoms with Crippen molar-refractivity contribution in [1.82, 2.24) is 9.38 Å². The topological polar surface area (TPSA) is 46.4 Å². The first-order chi connectivity index (χ1) is 11.0. The van der Waals surface area contributed by atoms with Crippen LogP contribution in [0.2, 0.25) is 0 Å². The number of hydrogen-bond acceptors (Lipinski definition) is 2. The van der Waals surface area contributed by atoms with E-state index in [2.05, 4.69) is 10.3 Å². The van der Waals surface area contributed by atoms with Gasteiger partial charge in [-0.3, -0.25) is 9.20 Å². The second-order valence-electron chi connectivity index (χ2n) is 5.22. The molecule has 0 aliphatic heterocycles. The Morgan fingerprint density at radius 1 is 1.30 bits per heavy atom. The molecule has 1 aromatic carbocycles. The standard InChI is InChI=1S/C17H15F2N3O/c1-3-13-15(22-8-4-5-10(2)16(22)20-13)17(23)21-14-7-6-11(18)9-12(14)19/h4-9H,3H2,1-2H3,(H,21,23). The maximum atomic E-state index is 13.7. The lowest BCUT2D eigenvalue weighted by atomic mass is 10.2. The lowest BCUT2D eigenvalue weighted by molar-refractivity contribution is 0.102. The van der Waals surface area contributed by atoms with Gasteiger partial charge in [-0.1, -0.05) is 13.0 Å². The van der Waals surface area contributed by atoms with Gasteiger partial charge in [-0.05, 0) is 37.1 Å². The molecule has 0 bridgehead atoms. The molecule has 6 heteroatoms. The highest BCUT2D eigenvalue weighted by Crippen LogP contribution is 2.20. The van der Waals surface area contributed by atoms with Crippen molar-refractivity contribution >= 4 is 17.2 Å². The van der Waals surface area contributed by atoms with Gasteiger partial charge in [-0.2, -0.15) is 0 Å². The second kappa shape index (κ2) is 5.79. The number of halogens is 2. The number of carbonyl (C=O) groups excluding carboxylic acids is 1. The normalized spacial score (nSPS) is 11.0. The molecule has 23 heavy (non-hydrogen) atoms. The van der Waals surface area contributed by atoms with E-state index >= 15 is 0 Å². The molecule has 0 saturated carbocycles. The summed E-state index contributed by atoms with van der Waals surface area (Å²) in [6, 6.07) is 6.75. The first-order valence-corrected chi connectivity index (χ1v) is 7.24. The fraction of sp³-hybridized carbons (Fsp3) is 0.176. The van der Waals surface area contributed by atoms with Crippen LogP contribution in [0.1, 0.15) is 28.7 Å². The molecule has 118 valence electrons. The van der Waals surface area contributed by atoms with Crippen LogP contribution in [0.3, 0.4) is 0 Å². The van der Waals surface area contributed by atoms with Gasteiger partial charge >= 0.3 is 0 Å². The number of amides is 1. The van der Waals surface area contributed by atoms with Gasteiger partial charge in [0.15, 0.2) is 0 Å². The van der Waals surface area contributed by atoms with E-state index < -0.39 is 17.5 Å². The summed E-state index contributed by atoms with van der Waals surface area (Å²) in [5.41, 5.74) is 2.54. The van der Waals surface area contributed by atoms with Crippen molar-refractivity contribution < 1.29 is 13.6 Å². The lowest BCUT2D eigenvalue weighted by Crippen LogP contribution is -2.17. The number of anilines is 1. The monoisotopic (exact) mass is 315 g/mol. The first kappa shape index (κ1) is 15.1. The number of nitrogens with one attached hydrogen (secondary N) is 1. The van der Waals surface area contributed by atoms with Gasteiger partial charge in [0.05, 0.1) is 11.4 Å². The Morgan fingerprint density at radius 3 is 2.78 bits per heavy atom. The third-order valence-electron chi connectivity index (χ3n) is 3.65. The zero-order valence-electron chi connectivity index (χ0n) is 12.7. The van der Waals surface area contributed by atoms with E-state index in [9.17, 15) is 13.6 Å². The summed E-state index contributed by atoms with van der Waals surface area (Å²) in [5, 5.41) is 2.48. The average Bonchev–Trinajstić information content (AvgIpc) is 2.90. The molecular weight excluding hydrogens is 300 g/mol. The largest absolute Gasteiger partial charge is 0.318 e. The van der Waals surface area contributed by atoms with Gasteiger partial charge in [-0.15, -0.1) is 0 Å². The van der Waals surface area contributed by atoms with E-state index in [0.29, 0.717) is 23.5 Å². The molecule has 1 amide bonds. The van der Waals surface area contributed by atoms with Crippen LogP contribution in [-0.4, -0.2) is 15.3 Å². The summed E-state index contributed by atoms with van der Waals surface area (Å²) < 4.78 is 28.4. The summed E-state index contributed by atoms with van der Waals surface area (Å²) in [7, 11) is 0. The van der Waals surface area contributed by atoms with Crippen molar-refractivity contribution in [2.75, 3.05) is 5.32 Å². The Morgan fingerprint density at radius 2 is 2.09 bits per heavy atom. The van der Waals surface area contributed by atoms with E-state index in [0.717, 1.165) is 17.7 Å². The number of hydrogen-bond donors (Lipinski definition) is 1. The molecule has 4 nitrogen and oxygen atoms in total. The number of benzene rings is 1.